The number of halogens is 1. The number of aliphatic hydroxyl groups excluding tert-OH is 1. The van der Waals surface area contributed by atoms with Crippen molar-refractivity contribution in [3.8, 4) is 5.75 Å². The molecule has 0 spiro atoms. The lowest BCUT2D eigenvalue weighted by Crippen LogP contribution is -2.08. The third-order valence-corrected chi connectivity index (χ3v) is 3.10. The molecule has 114 valence electrons. The predicted octanol–water partition coefficient (Wildman–Crippen LogP) is 2.89. The number of nitrogens with one attached hydrogen (secondary N) is 1. The Labute approximate surface area is 133 Å². The van der Waals surface area contributed by atoms with Crippen LogP contribution in [0.3, 0.4) is 0 Å². The van der Waals surface area contributed by atoms with Crippen molar-refractivity contribution in [2.45, 2.75) is 6.61 Å². The van der Waals surface area contributed by atoms with Crippen LogP contribution in [0.15, 0.2) is 42.6 Å². The first kappa shape index (κ1) is 16.0. The fourth-order valence-corrected chi connectivity index (χ4v) is 2.04. The molecule has 0 unspecified atom stereocenters. The highest BCUT2D eigenvalue weighted by Crippen LogP contribution is 2.22. The molecular formula is C16H15ClN2O3. The molecule has 0 saturated carbocycles. The predicted molar refractivity (Wildman–Crippen MR) is 85.8 cm³/mol. The van der Waals surface area contributed by atoms with Crippen molar-refractivity contribution in [1.82, 2.24) is 4.98 Å². The van der Waals surface area contributed by atoms with Gasteiger partial charge >= 0.3 is 0 Å². The molecule has 0 aliphatic heterocycles. The van der Waals surface area contributed by atoms with E-state index in [0.717, 1.165) is 5.56 Å². The third kappa shape index (κ3) is 4.31. The number of nitrogens with zero attached hydrogens (tertiary/aromatic N) is 1. The number of pyridine rings is 1. The average Bonchev–Trinajstić information content (AvgIpc) is 2.53. The van der Waals surface area contributed by atoms with E-state index in [0.29, 0.717) is 22.2 Å². The zero-order chi connectivity index (χ0) is 15.9. The maximum atomic E-state index is 11.9. The van der Waals surface area contributed by atoms with Gasteiger partial charge < -0.3 is 15.2 Å². The molecular weight excluding hydrogens is 304 g/mol. The summed E-state index contributed by atoms with van der Waals surface area (Å²) in [7, 11) is 1.52. The monoisotopic (exact) mass is 318 g/mol. The van der Waals surface area contributed by atoms with Gasteiger partial charge in [-0.2, -0.15) is 0 Å². The first-order chi connectivity index (χ1) is 10.6. The van der Waals surface area contributed by atoms with Gasteiger partial charge in [0.1, 0.15) is 10.9 Å². The Hall–Kier alpha value is -2.37. The maximum absolute atomic E-state index is 11.9. The minimum absolute atomic E-state index is 0.168. The molecule has 1 aromatic carbocycles. The van der Waals surface area contributed by atoms with Crippen LogP contribution in [-0.4, -0.2) is 23.1 Å². The van der Waals surface area contributed by atoms with E-state index in [4.69, 9.17) is 16.3 Å². The molecule has 5 nitrogen and oxygen atoms in total. The van der Waals surface area contributed by atoms with Crippen molar-refractivity contribution in [3.05, 3.63) is 58.9 Å². The Kier molecular flexibility index (Phi) is 5.52. The third-order valence-electron chi connectivity index (χ3n) is 2.90. The van der Waals surface area contributed by atoms with Crippen LogP contribution in [0.5, 0.6) is 5.75 Å². The van der Waals surface area contributed by atoms with Crippen molar-refractivity contribution >= 4 is 29.3 Å². The van der Waals surface area contributed by atoms with E-state index in [1.54, 1.807) is 42.6 Å². The fourth-order valence-electron chi connectivity index (χ4n) is 1.86. The first-order valence-electron chi connectivity index (χ1n) is 6.51. The number of rotatable bonds is 5. The van der Waals surface area contributed by atoms with Crippen LogP contribution in [0.4, 0.5) is 5.69 Å². The van der Waals surface area contributed by atoms with Crippen LogP contribution in [-0.2, 0) is 11.4 Å². The second kappa shape index (κ2) is 7.59. The summed E-state index contributed by atoms with van der Waals surface area (Å²) in [5, 5.41) is 12.3. The number of carbonyl (C=O) groups excluding carboxylic acids is 1. The highest BCUT2D eigenvalue weighted by Gasteiger charge is 2.05. The van der Waals surface area contributed by atoms with Gasteiger partial charge in [0.15, 0.2) is 0 Å². The van der Waals surface area contributed by atoms with Gasteiger partial charge in [0, 0.05) is 23.5 Å². The lowest BCUT2D eigenvalue weighted by molar-refractivity contribution is -0.111. The molecule has 0 atom stereocenters. The van der Waals surface area contributed by atoms with Gasteiger partial charge in [-0.3, -0.25) is 4.79 Å². The molecule has 0 fully saturated rings. The standard InChI is InChI=1S/C16H15ClN2O3/c1-22-14-4-3-13(9-12(14)10-20)19-16(21)5-2-11-6-7-18-15(17)8-11/h2-9,20H,10H2,1H3,(H,19,21)/b5-2+. The van der Waals surface area contributed by atoms with Crippen LogP contribution in [0.1, 0.15) is 11.1 Å². The van der Waals surface area contributed by atoms with Crippen LogP contribution < -0.4 is 10.1 Å². The molecule has 1 heterocycles. The quantitative estimate of drug-likeness (QED) is 0.657. The van der Waals surface area contributed by atoms with E-state index in [-0.39, 0.29) is 12.5 Å². The maximum Gasteiger partial charge on any atom is 0.248 e. The smallest absolute Gasteiger partial charge is 0.248 e. The average molecular weight is 319 g/mol. The molecule has 22 heavy (non-hydrogen) atoms. The van der Waals surface area contributed by atoms with E-state index in [2.05, 4.69) is 10.3 Å². The second-order valence-corrected chi connectivity index (χ2v) is 4.81. The number of amides is 1. The summed E-state index contributed by atoms with van der Waals surface area (Å²) in [5.41, 5.74) is 1.96. The number of hydrogen-bond donors (Lipinski definition) is 2. The molecule has 0 aliphatic rings. The Bertz CT molecular complexity index is 702. The van der Waals surface area contributed by atoms with Crippen molar-refractivity contribution in [1.29, 1.82) is 0 Å². The zero-order valence-corrected chi connectivity index (χ0v) is 12.7. The summed E-state index contributed by atoms with van der Waals surface area (Å²) in [6.45, 7) is -0.168. The van der Waals surface area contributed by atoms with Crippen LogP contribution in [0, 0.1) is 0 Å². The van der Waals surface area contributed by atoms with Gasteiger partial charge in [0.25, 0.3) is 0 Å². The number of hydrogen-bond acceptors (Lipinski definition) is 4. The number of ether oxygens (including phenoxy) is 1. The van der Waals surface area contributed by atoms with Gasteiger partial charge in [-0.1, -0.05) is 11.6 Å². The summed E-state index contributed by atoms with van der Waals surface area (Å²) in [6, 6.07) is 8.45. The van der Waals surface area contributed by atoms with Gasteiger partial charge in [-0.15, -0.1) is 0 Å². The molecule has 2 N–H and O–H groups in total. The van der Waals surface area contributed by atoms with Gasteiger partial charge in [-0.25, -0.2) is 4.98 Å². The lowest BCUT2D eigenvalue weighted by Gasteiger charge is -2.09. The van der Waals surface area contributed by atoms with Crippen LogP contribution in [0.25, 0.3) is 6.08 Å². The zero-order valence-electron chi connectivity index (χ0n) is 11.9. The summed E-state index contributed by atoms with van der Waals surface area (Å²) >= 11 is 5.77. The Morgan fingerprint density at radius 1 is 1.41 bits per heavy atom. The van der Waals surface area contributed by atoms with Crippen molar-refractivity contribution in [2.24, 2.45) is 0 Å². The number of aromatic nitrogens is 1. The Balaban J connectivity index is 2.06. The van der Waals surface area contributed by atoms with E-state index in [9.17, 15) is 9.90 Å². The molecule has 0 bridgehead atoms. The molecule has 1 aromatic heterocycles. The van der Waals surface area contributed by atoms with Crippen molar-refractivity contribution in [2.75, 3.05) is 12.4 Å². The molecule has 1 amide bonds. The molecule has 6 heteroatoms. The number of benzene rings is 1. The van der Waals surface area contributed by atoms with E-state index in [1.807, 2.05) is 0 Å². The van der Waals surface area contributed by atoms with E-state index >= 15 is 0 Å². The molecule has 0 saturated heterocycles. The molecule has 2 aromatic rings. The second-order valence-electron chi connectivity index (χ2n) is 4.42. The van der Waals surface area contributed by atoms with Gasteiger partial charge in [0.05, 0.1) is 13.7 Å². The normalized spacial score (nSPS) is 10.7. The molecule has 2 rings (SSSR count). The largest absolute Gasteiger partial charge is 0.496 e. The summed E-state index contributed by atoms with van der Waals surface area (Å²) < 4.78 is 5.11. The minimum atomic E-state index is -0.290. The number of aliphatic hydroxyl groups is 1. The number of methoxy groups -OCH3 is 1. The molecule has 0 aliphatic carbocycles. The summed E-state index contributed by atoms with van der Waals surface area (Å²) in [6.07, 6.45) is 4.60. The Morgan fingerprint density at radius 3 is 2.91 bits per heavy atom. The fraction of sp³-hybridized carbons (Fsp3) is 0.125. The van der Waals surface area contributed by atoms with Crippen LogP contribution >= 0.6 is 11.6 Å². The number of carbonyl (C=O) groups is 1. The topological polar surface area (TPSA) is 71.5 Å². The summed E-state index contributed by atoms with van der Waals surface area (Å²) in [5.74, 6) is 0.282. The van der Waals surface area contributed by atoms with Crippen LogP contribution in [0.2, 0.25) is 5.15 Å². The van der Waals surface area contributed by atoms with Crippen molar-refractivity contribution < 1.29 is 14.6 Å². The van der Waals surface area contributed by atoms with Gasteiger partial charge in [-0.05, 0) is 42.0 Å². The first-order valence-corrected chi connectivity index (χ1v) is 6.88. The SMILES string of the molecule is COc1ccc(NC(=O)/C=C/c2ccnc(Cl)c2)cc1CO. The summed E-state index contributed by atoms with van der Waals surface area (Å²) in [4.78, 5) is 15.8. The highest BCUT2D eigenvalue weighted by molar-refractivity contribution is 6.29. The lowest BCUT2D eigenvalue weighted by atomic mass is 10.2. The van der Waals surface area contributed by atoms with E-state index in [1.165, 1.54) is 13.2 Å². The van der Waals surface area contributed by atoms with Gasteiger partial charge in [0.2, 0.25) is 5.91 Å². The highest BCUT2D eigenvalue weighted by atomic mass is 35.5. The Morgan fingerprint density at radius 2 is 2.23 bits per heavy atom. The van der Waals surface area contributed by atoms with E-state index < -0.39 is 0 Å². The minimum Gasteiger partial charge on any atom is -0.496 e. The van der Waals surface area contributed by atoms with Crippen molar-refractivity contribution in [3.63, 3.8) is 0 Å². The molecule has 0 radical (unpaired) electrons. The number of anilines is 1.